The van der Waals surface area contributed by atoms with Crippen LogP contribution in [0.5, 0.6) is 0 Å². The topological polar surface area (TPSA) is 146 Å². The van der Waals surface area contributed by atoms with Crippen LogP contribution in [0.4, 0.5) is 9.59 Å². The zero-order valence-electron chi connectivity index (χ0n) is 25.4. The van der Waals surface area contributed by atoms with Crippen molar-refractivity contribution in [2.75, 3.05) is 14.2 Å². The molecular weight excluding hydrogens is 508 g/mol. The maximum atomic E-state index is 12.9. The van der Waals surface area contributed by atoms with Gasteiger partial charge in [-0.1, -0.05) is 18.4 Å². The number of hydrogen-bond donors (Lipinski definition) is 3. The Labute approximate surface area is 232 Å². The summed E-state index contributed by atoms with van der Waals surface area (Å²) in [7, 11) is 2.93. The van der Waals surface area contributed by atoms with E-state index in [9.17, 15) is 19.2 Å². The van der Waals surface area contributed by atoms with Gasteiger partial charge in [0.1, 0.15) is 11.2 Å². The highest BCUT2D eigenvalue weighted by Gasteiger charge is 2.50. The number of esters is 1. The van der Waals surface area contributed by atoms with Crippen molar-refractivity contribution in [1.82, 2.24) is 15.8 Å². The van der Waals surface area contributed by atoms with Crippen molar-refractivity contribution in [2.24, 2.45) is 11.8 Å². The molecule has 0 spiro atoms. The van der Waals surface area contributed by atoms with Gasteiger partial charge < -0.3 is 24.3 Å². The number of methoxy groups -OCH3 is 2. The van der Waals surface area contributed by atoms with E-state index in [4.69, 9.17) is 18.9 Å². The lowest BCUT2D eigenvalue weighted by Crippen LogP contribution is -2.82. The summed E-state index contributed by atoms with van der Waals surface area (Å²) in [6, 6.07) is -0.864. The number of ether oxygens (including phenoxy) is 4. The molecule has 224 valence electrons. The van der Waals surface area contributed by atoms with Crippen LogP contribution in [-0.2, 0) is 28.5 Å². The van der Waals surface area contributed by atoms with Gasteiger partial charge in [0.15, 0.2) is 0 Å². The molecule has 1 saturated carbocycles. The lowest BCUT2D eigenvalue weighted by molar-refractivity contribution is -0.512. The Morgan fingerprint density at radius 1 is 1.00 bits per heavy atom. The SMILES string of the molecule is CCC[C@](C)(OC)[C@H](NC(C)=O)[C@@H]1C[C@@H](C(=O)OC)C[C@H]1[NH+]=CN(NC(=O)OC(C)(C)C)C(=O)OC(C)(C)C. The van der Waals surface area contributed by atoms with Crippen LogP contribution in [0.15, 0.2) is 0 Å². The van der Waals surface area contributed by atoms with Crippen LogP contribution >= 0.6 is 0 Å². The maximum Gasteiger partial charge on any atom is 0.531 e. The van der Waals surface area contributed by atoms with Gasteiger partial charge in [-0.2, -0.15) is 4.79 Å². The highest BCUT2D eigenvalue weighted by atomic mass is 16.6. The van der Waals surface area contributed by atoms with Crippen LogP contribution in [0.2, 0.25) is 0 Å². The Kier molecular flexibility index (Phi) is 12.2. The van der Waals surface area contributed by atoms with Crippen molar-refractivity contribution < 1.29 is 43.1 Å². The zero-order valence-corrected chi connectivity index (χ0v) is 25.4. The molecule has 3 amide bonds. The Bertz CT molecular complexity index is 895. The molecule has 12 nitrogen and oxygen atoms in total. The largest absolute Gasteiger partial charge is 0.531 e. The number of carbonyl (C=O) groups excluding carboxylic acids is 4. The summed E-state index contributed by atoms with van der Waals surface area (Å²) < 4.78 is 21.7. The number of nitrogens with one attached hydrogen (secondary N) is 3. The molecule has 0 aromatic heterocycles. The van der Waals surface area contributed by atoms with Crippen molar-refractivity contribution in [2.45, 2.75) is 117 Å². The van der Waals surface area contributed by atoms with E-state index in [-0.39, 0.29) is 17.8 Å². The minimum absolute atomic E-state index is 0.231. The van der Waals surface area contributed by atoms with Gasteiger partial charge in [0.2, 0.25) is 5.91 Å². The summed E-state index contributed by atoms with van der Waals surface area (Å²) in [4.78, 5) is 53.4. The van der Waals surface area contributed by atoms with Crippen molar-refractivity contribution in [1.29, 1.82) is 0 Å². The molecule has 0 bridgehead atoms. The highest BCUT2D eigenvalue weighted by molar-refractivity contribution is 5.84. The van der Waals surface area contributed by atoms with Gasteiger partial charge in [-0.15, -0.1) is 5.43 Å². The number of nitrogens with zero attached hydrogens (tertiary/aromatic N) is 1. The number of rotatable bonds is 9. The van der Waals surface area contributed by atoms with Gasteiger partial charge in [0.05, 0.1) is 30.7 Å². The normalized spacial score (nSPS) is 22.0. The minimum atomic E-state index is -0.854. The average Bonchev–Trinajstić information content (AvgIpc) is 3.20. The molecule has 1 aliphatic carbocycles. The predicted octanol–water partition coefficient (Wildman–Crippen LogP) is 2.05. The van der Waals surface area contributed by atoms with Gasteiger partial charge in [-0.05, 0) is 61.3 Å². The van der Waals surface area contributed by atoms with Crippen molar-refractivity contribution in [3.63, 3.8) is 0 Å². The monoisotopic (exact) mass is 557 g/mol. The smallest absolute Gasteiger partial charge is 0.469 e. The fourth-order valence-corrected chi connectivity index (χ4v) is 4.81. The molecule has 1 fully saturated rings. The van der Waals surface area contributed by atoms with Crippen LogP contribution < -0.4 is 15.7 Å². The van der Waals surface area contributed by atoms with Crippen molar-refractivity contribution in [3.8, 4) is 0 Å². The molecule has 39 heavy (non-hydrogen) atoms. The summed E-state index contributed by atoms with van der Waals surface area (Å²) in [5.41, 5.74) is 0.0435. The second kappa shape index (κ2) is 14.0. The average molecular weight is 558 g/mol. The van der Waals surface area contributed by atoms with Gasteiger partial charge >= 0.3 is 18.2 Å². The van der Waals surface area contributed by atoms with Gasteiger partial charge in [0, 0.05) is 26.4 Å². The standard InChI is InChI=1S/C27H48N4O8/c1-12-13-27(9,37-11)21(29-17(2)32)19-14-18(22(33)36-10)15-20(19)28-16-31(24(35)39-26(6,7)8)30-23(34)38-25(3,4)5/h16,18-21H,12-15H2,1-11H3,(H,29,32)(H,30,34)/p+1/t18-,19-,20-,21-,27+/m1/s1. The second-order valence-electron chi connectivity index (χ2n) is 12.2. The van der Waals surface area contributed by atoms with Crippen LogP contribution in [0.25, 0.3) is 0 Å². The van der Waals surface area contributed by atoms with Gasteiger partial charge in [-0.25, -0.2) is 4.79 Å². The summed E-state index contributed by atoms with van der Waals surface area (Å²) >= 11 is 0. The van der Waals surface area contributed by atoms with E-state index in [2.05, 4.69) is 15.7 Å². The van der Waals surface area contributed by atoms with Crippen molar-refractivity contribution >= 4 is 30.4 Å². The number of carbonyl (C=O) groups is 4. The third kappa shape index (κ3) is 11.0. The first kappa shape index (κ1) is 34.1. The molecule has 1 aliphatic rings. The van der Waals surface area contributed by atoms with E-state index < -0.39 is 47.0 Å². The molecular formula is C27H49N4O8+. The predicted molar refractivity (Wildman–Crippen MR) is 144 cm³/mol. The van der Waals surface area contributed by atoms with Crippen molar-refractivity contribution in [3.05, 3.63) is 0 Å². The molecule has 12 heteroatoms. The lowest BCUT2D eigenvalue weighted by Gasteiger charge is -2.41. The van der Waals surface area contributed by atoms with Crippen LogP contribution in [-0.4, -0.2) is 78.5 Å². The maximum absolute atomic E-state index is 12.9. The molecule has 0 unspecified atom stereocenters. The Balaban J connectivity index is 3.46. The molecule has 0 heterocycles. The van der Waals surface area contributed by atoms with E-state index in [0.717, 1.165) is 11.4 Å². The highest BCUT2D eigenvalue weighted by Crippen LogP contribution is 2.38. The first-order valence-corrected chi connectivity index (χ1v) is 13.4. The molecule has 5 atom stereocenters. The Morgan fingerprint density at radius 3 is 2.05 bits per heavy atom. The van der Waals surface area contributed by atoms with Crippen LogP contribution in [0.1, 0.15) is 88.0 Å². The molecule has 0 radical (unpaired) electrons. The zero-order chi connectivity index (χ0) is 30.2. The molecule has 0 aliphatic heterocycles. The summed E-state index contributed by atoms with van der Waals surface area (Å²) in [6.45, 7) is 15.6. The Morgan fingerprint density at radius 2 is 1.59 bits per heavy atom. The number of hydrazine groups is 1. The third-order valence-corrected chi connectivity index (χ3v) is 6.42. The Hall–Kier alpha value is -2.89. The fourth-order valence-electron chi connectivity index (χ4n) is 4.81. The van der Waals surface area contributed by atoms with E-state index in [1.54, 1.807) is 48.7 Å². The molecule has 0 aromatic carbocycles. The first-order valence-electron chi connectivity index (χ1n) is 13.4. The summed E-state index contributed by atoms with van der Waals surface area (Å²) in [6.07, 6.45) is 1.84. The summed E-state index contributed by atoms with van der Waals surface area (Å²) in [5.74, 6) is -1.33. The lowest BCUT2D eigenvalue weighted by atomic mass is 9.79. The number of hydrogen-bond acceptors (Lipinski definition) is 8. The fraction of sp³-hybridized carbons (Fsp3) is 0.815. The third-order valence-electron chi connectivity index (χ3n) is 6.42. The van der Waals surface area contributed by atoms with E-state index in [0.29, 0.717) is 19.3 Å². The minimum Gasteiger partial charge on any atom is -0.469 e. The van der Waals surface area contributed by atoms with E-state index in [1.165, 1.54) is 20.4 Å². The quantitative estimate of drug-likeness (QED) is 0.128. The molecule has 0 aromatic rings. The molecule has 0 saturated heterocycles. The number of amides is 3. The molecule has 3 N–H and O–H groups in total. The van der Waals surface area contributed by atoms with E-state index >= 15 is 0 Å². The first-order chi connectivity index (χ1) is 17.9. The van der Waals surface area contributed by atoms with E-state index in [1.807, 2.05) is 13.8 Å². The van der Waals surface area contributed by atoms with Gasteiger partial charge in [-0.3, -0.25) is 14.6 Å². The van der Waals surface area contributed by atoms with Crippen LogP contribution in [0.3, 0.4) is 0 Å². The van der Waals surface area contributed by atoms with Gasteiger partial charge in [0.25, 0.3) is 6.34 Å². The summed E-state index contributed by atoms with van der Waals surface area (Å²) in [5, 5.41) is 3.91. The van der Waals surface area contributed by atoms with Crippen LogP contribution in [0, 0.1) is 11.8 Å². The molecule has 1 rings (SSSR count). The second-order valence-corrected chi connectivity index (χ2v) is 12.2.